The molecule has 6 nitrogen and oxygen atoms in total. The van der Waals surface area contributed by atoms with Crippen molar-refractivity contribution in [3.05, 3.63) is 53.7 Å². The number of halogens is 3. The van der Waals surface area contributed by atoms with Crippen LogP contribution in [-0.2, 0) is 6.18 Å². The molecule has 1 aliphatic rings. The van der Waals surface area contributed by atoms with Gasteiger partial charge in [-0.25, -0.2) is 9.78 Å². The number of carbonyl (C=O) groups excluding carboxylic acids is 1. The largest absolute Gasteiger partial charge is 0.470 e. The molecular formula is C17H13F3N4O2. The Labute approximate surface area is 146 Å². The van der Waals surface area contributed by atoms with Crippen LogP contribution in [-0.4, -0.2) is 35.1 Å². The van der Waals surface area contributed by atoms with E-state index in [9.17, 15) is 18.0 Å². The molecule has 1 saturated heterocycles. The van der Waals surface area contributed by atoms with Crippen LogP contribution >= 0.6 is 0 Å². The Kier molecular flexibility index (Phi) is 4.67. The van der Waals surface area contributed by atoms with E-state index in [1.165, 1.54) is 23.2 Å². The van der Waals surface area contributed by atoms with Gasteiger partial charge >= 0.3 is 12.2 Å². The first-order valence-corrected chi connectivity index (χ1v) is 7.62. The van der Waals surface area contributed by atoms with E-state index in [1.54, 1.807) is 12.1 Å². The number of rotatable bonds is 3. The molecule has 1 aliphatic heterocycles. The van der Waals surface area contributed by atoms with E-state index >= 15 is 0 Å². The van der Waals surface area contributed by atoms with E-state index in [1.807, 2.05) is 6.07 Å². The maximum atomic E-state index is 12.7. The van der Waals surface area contributed by atoms with Gasteiger partial charge in [-0.15, -0.1) is 0 Å². The summed E-state index contributed by atoms with van der Waals surface area (Å²) >= 11 is 0. The number of nitrogens with zero attached hydrogens (tertiary/aromatic N) is 3. The number of anilines is 1. The SMILES string of the molecule is N#Cc1cccnc1OC1CN(C(=O)Nc2cccc(C(F)(F)F)c2)C1. The van der Waals surface area contributed by atoms with Crippen LogP contribution in [0.5, 0.6) is 5.88 Å². The van der Waals surface area contributed by atoms with Gasteiger partial charge in [0.2, 0.25) is 5.88 Å². The van der Waals surface area contributed by atoms with Gasteiger partial charge in [-0.2, -0.15) is 18.4 Å². The summed E-state index contributed by atoms with van der Waals surface area (Å²) in [4.78, 5) is 17.4. The van der Waals surface area contributed by atoms with E-state index in [0.717, 1.165) is 12.1 Å². The molecule has 0 atom stereocenters. The van der Waals surface area contributed by atoms with Crippen molar-refractivity contribution in [1.29, 1.82) is 5.26 Å². The van der Waals surface area contributed by atoms with Crippen molar-refractivity contribution in [3.63, 3.8) is 0 Å². The summed E-state index contributed by atoms with van der Waals surface area (Å²) in [5.74, 6) is 0.193. The Morgan fingerprint density at radius 2 is 2.08 bits per heavy atom. The minimum absolute atomic E-state index is 0.0608. The fourth-order valence-electron chi connectivity index (χ4n) is 2.38. The molecule has 3 rings (SSSR count). The summed E-state index contributed by atoms with van der Waals surface area (Å²) in [5, 5.41) is 11.4. The molecule has 2 heterocycles. The lowest BCUT2D eigenvalue weighted by atomic mass is 10.1. The van der Waals surface area contributed by atoms with Crippen LogP contribution in [0.25, 0.3) is 0 Å². The molecule has 1 aromatic carbocycles. The molecule has 0 saturated carbocycles. The van der Waals surface area contributed by atoms with E-state index < -0.39 is 17.8 Å². The predicted octanol–water partition coefficient (Wildman–Crippen LogP) is 3.27. The number of nitriles is 1. The third-order valence-corrected chi connectivity index (χ3v) is 3.75. The summed E-state index contributed by atoms with van der Waals surface area (Å²) < 4.78 is 43.6. The highest BCUT2D eigenvalue weighted by molar-refractivity contribution is 5.90. The molecule has 2 aromatic rings. The number of likely N-dealkylation sites (tertiary alicyclic amines) is 1. The van der Waals surface area contributed by atoms with Crippen molar-refractivity contribution in [2.45, 2.75) is 12.3 Å². The van der Waals surface area contributed by atoms with Crippen molar-refractivity contribution in [1.82, 2.24) is 9.88 Å². The summed E-state index contributed by atoms with van der Waals surface area (Å²) in [6.45, 7) is 0.485. The number of amides is 2. The number of carbonyl (C=O) groups is 1. The maximum absolute atomic E-state index is 12.7. The van der Waals surface area contributed by atoms with Crippen LogP contribution < -0.4 is 10.1 Å². The minimum Gasteiger partial charge on any atom is -0.470 e. The molecule has 26 heavy (non-hydrogen) atoms. The number of hydrogen-bond donors (Lipinski definition) is 1. The third-order valence-electron chi connectivity index (χ3n) is 3.75. The quantitative estimate of drug-likeness (QED) is 0.909. The van der Waals surface area contributed by atoms with Crippen molar-refractivity contribution in [2.75, 3.05) is 18.4 Å². The molecule has 2 amide bonds. The van der Waals surface area contributed by atoms with Gasteiger partial charge in [0.1, 0.15) is 17.7 Å². The Morgan fingerprint density at radius 1 is 1.31 bits per heavy atom. The van der Waals surface area contributed by atoms with Crippen LogP contribution in [0.4, 0.5) is 23.7 Å². The molecule has 0 spiro atoms. The van der Waals surface area contributed by atoms with E-state index in [2.05, 4.69) is 10.3 Å². The van der Waals surface area contributed by atoms with Crippen LogP contribution in [0.2, 0.25) is 0 Å². The molecule has 0 unspecified atom stereocenters. The van der Waals surface area contributed by atoms with Crippen molar-refractivity contribution in [2.24, 2.45) is 0 Å². The molecule has 1 N–H and O–H groups in total. The molecule has 9 heteroatoms. The first-order valence-electron chi connectivity index (χ1n) is 7.62. The van der Waals surface area contributed by atoms with Crippen LogP contribution in [0.15, 0.2) is 42.6 Å². The predicted molar refractivity (Wildman–Crippen MR) is 85.4 cm³/mol. The highest BCUT2D eigenvalue weighted by atomic mass is 19.4. The number of ether oxygens (including phenoxy) is 1. The minimum atomic E-state index is -4.47. The molecule has 0 bridgehead atoms. The Morgan fingerprint density at radius 3 is 2.77 bits per heavy atom. The fourth-order valence-corrected chi connectivity index (χ4v) is 2.38. The zero-order valence-corrected chi connectivity index (χ0v) is 13.3. The average Bonchev–Trinajstić information content (AvgIpc) is 2.57. The van der Waals surface area contributed by atoms with Gasteiger partial charge in [-0.1, -0.05) is 6.07 Å². The molecule has 1 fully saturated rings. The average molecular weight is 362 g/mol. The van der Waals surface area contributed by atoms with Gasteiger partial charge in [-0.05, 0) is 30.3 Å². The third kappa shape index (κ3) is 3.85. The first-order chi connectivity index (χ1) is 12.4. The van der Waals surface area contributed by atoms with Gasteiger partial charge < -0.3 is 15.0 Å². The summed E-state index contributed by atoms with van der Waals surface area (Å²) in [5.41, 5.74) is -0.482. The summed E-state index contributed by atoms with van der Waals surface area (Å²) in [6, 6.07) is 9.04. The number of urea groups is 1. The number of alkyl halides is 3. The lowest BCUT2D eigenvalue weighted by Crippen LogP contribution is -2.57. The lowest BCUT2D eigenvalue weighted by Gasteiger charge is -2.38. The monoisotopic (exact) mass is 362 g/mol. The van der Waals surface area contributed by atoms with Crippen LogP contribution in [0.1, 0.15) is 11.1 Å². The van der Waals surface area contributed by atoms with Gasteiger partial charge in [0.25, 0.3) is 0 Å². The molecule has 134 valence electrons. The zero-order chi connectivity index (χ0) is 18.7. The maximum Gasteiger partial charge on any atom is 0.416 e. The van der Waals surface area contributed by atoms with E-state index in [-0.39, 0.29) is 30.8 Å². The van der Waals surface area contributed by atoms with Crippen molar-refractivity contribution in [3.8, 4) is 11.9 Å². The highest BCUT2D eigenvalue weighted by Gasteiger charge is 2.34. The van der Waals surface area contributed by atoms with Gasteiger partial charge in [-0.3, -0.25) is 0 Å². The normalized spacial score (nSPS) is 14.3. The number of nitrogens with one attached hydrogen (secondary N) is 1. The standard InChI is InChI=1S/C17H13F3N4O2/c18-17(19,20)12-4-1-5-13(7-12)23-16(25)24-9-14(10-24)26-15-11(8-21)3-2-6-22-15/h1-7,14H,9-10H2,(H,23,25). The second-order valence-electron chi connectivity index (χ2n) is 5.62. The fraction of sp³-hybridized carbons (Fsp3) is 0.235. The second-order valence-corrected chi connectivity index (χ2v) is 5.62. The topological polar surface area (TPSA) is 78.2 Å². The lowest BCUT2D eigenvalue weighted by molar-refractivity contribution is -0.137. The van der Waals surface area contributed by atoms with Gasteiger partial charge in [0.05, 0.1) is 18.7 Å². The smallest absolute Gasteiger partial charge is 0.416 e. The van der Waals surface area contributed by atoms with Crippen molar-refractivity contribution < 1.29 is 22.7 Å². The number of benzene rings is 1. The van der Waals surface area contributed by atoms with E-state index in [0.29, 0.717) is 5.56 Å². The molecule has 1 aromatic heterocycles. The first kappa shape index (κ1) is 17.5. The number of aromatic nitrogens is 1. The number of hydrogen-bond acceptors (Lipinski definition) is 4. The second kappa shape index (κ2) is 6.92. The Balaban J connectivity index is 1.55. The highest BCUT2D eigenvalue weighted by Crippen LogP contribution is 2.30. The van der Waals surface area contributed by atoms with Crippen LogP contribution in [0.3, 0.4) is 0 Å². The number of pyridine rings is 1. The molecule has 0 radical (unpaired) electrons. The zero-order valence-electron chi connectivity index (χ0n) is 13.3. The summed E-state index contributed by atoms with van der Waals surface area (Å²) in [6.07, 6.45) is -3.31. The Bertz CT molecular complexity index is 858. The Hall–Kier alpha value is -3.28. The van der Waals surface area contributed by atoms with Gasteiger partial charge in [0.15, 0.2) is 0 Å². The van der Waals surface area contributed by atoms with E-state index in [4.69, 9.17) is 10.00 Å². The molecular weight excluding hydrogens is 349 g/mol. The van der Waals surface area contributed by atoms with Gasteiger partial charge in [0, 0.05) is 11.9 Å². The van der Waals surface area contributed by atoms with Crippen molar-refractivity contribution >= 4 is 11.7 Å². The molecule has 0 aliphatic carbocycles. The summed E-state index contributed by atoms with van der Waals surface area (Å²) in [7, 11) is 0. The van der Waals surface area contributed by atoms with Crippen LogP contribution in [0, 0.1) is 11.3 Å².